The second-order valence-electron chi connectivity index (χ2n) is 18.0. The summed E-state index contributed by atoms with van der Waals surface area (Å²) in [4.78, 5) is 0. The molecule has 2 nitrogen and oxygen atoms in total. The van der Waals surface area contributed by atoms with Gasteiger partial charge < -0.3 is 9.13 Å². The van der Waals surface area contributed by atoms with Gasteiger partial charge in [-0.3, -0.25) is 0 Å². The number of para-hydroxylation sites is 3. The number of fused-ring (bicyclic) bond motifs is 6. The van der Waals surface area contributed by atoms with Crippen molar-refractivity contribution in [3.8, 4) is 44.8 Å². The largest absolute Gasteiger partial charge is 0.309 e. The van der Waals surface area contributed by atoms with E-state index >= 15 is 0 Å². The highest BCUT2D eigenvalue weighted by molar-refractivity contribution is 7.20. The van der Waals surface area contributed by atoms with Crippen molar-refractivity contribution in [1.29, 1.82) is 0 Å². The van der Waals surface area contributed by atoms with Gasteiger partial charge in [0.2, 0.25) is 0 Å². The van der Waals surface area contributed by atoms with Gasteiger partial charge in [0, 0.05) is 32.7 Å². The van der Waals surface area contributed by atoms with Crippen molar-refractivity contribution >= 4 is 72.4 Å². The first-order valence-corrected chi connectivity index (χ1v) is 25.8. The second kappa shape index (κ2) is 16.8. The summed E-state index contributed by atoms with van der Waals surface area (Å²) in [6.07, 6.45) is 0. The van der Waals surface area contributed by atoms with Crippen molar-refractivity contribution in [3.05, 3.63) is 279 Å². The molecule has 0 aliphatic rings. The van der Waals surface area contributed by atoms with Crippen LogP contribution in [-0.4, -0.2) is 17.2 Å². The van der Waals surface area contributed by atoms with Gasteiger partial charge in [-0.2, -0.15) is 0 Å². The Hall–Kier alpha value is -8.76. The quantitative estimate of drug-likeness (QED) is 0.101. The zero-order valence-electron chi connectivity index (χ0n) is 38.0. The van der Waals surface area contributed by atoms with E-state index in [1.54, 1.807) is 0 Å². The average molecular weight is 895 g/mol. The number of hydrogen-bond acceptors (Lipinski definition) is 0. The minimum Gasteiger partial charge on any atom is -0.309 e. The molecule has 11 aromatic carbocycles. The molecule has 0 spiro atoms. The highest BCUT2D eigenvalue weighted by Gasteiger charge is 2.43. The molecule has 0 N–H and O–H groups in total. The Labute approximate surface area is 403 Å². The SMILES string of the molecule is c1ccc(-c2cccc([Si](c3ccccc3)(c3ccccc3)c3cc(-c4ccccc4)c(-n4c5ccccc5c5c(-n6c7ccccc7c7ccccc76)cccc54)c(-c4ccccc4)c3)c2)cc1. The molecule has 0 fully saturated rings. The molecule has 0 atom stereocenters. The van der Waals surface area contributed by atoms with Gasteiger partial charge in [-0.05, 0) is 73.3 Å². The zero-order chi connectivity index (χ0) is 45.7. The molecule has 324 valence electrons. The smallest absolute Gasteiger partial charge is 0.179 e. The second-order valence-corrected chi connectivity index (χ2v) is 21.8. The fourth-order valence-electron chi connectivity index (χ4n) is 11.3. The Morgan fingerprint density at radius 1 is 0.246 bits per heavy atom. The van der Waals surface area contributed by atoms with Crippen molar-refractivity contribution in [3.63, 3.8) is 0 Å². The van der Waals surface area contributed by atoms with Crippen molar-refractivity contribution in [2.75, 3.05) is 0 Å². The summed E-state index contributed by atoms with van der Waals surface area (Å²) in [7, 11) is -3.12. The zero-order valence-corrected chi connectivity index (χ0v) is 39.0. The van der Waals surface area contributed by atoms with Crippen LogP contribution in [0.2, 0.25) is 0 Å². The first-order valence-electron chi connectivity index (χ1n) is 23.8. The Bertz CT molecular complexity index is 3830. The van der Waals surface area contributed by atoms with E-state index in [9.17, 15) is 0 Å². The van der Waals surface area contributed by atoms with E-state index in [2.05, 4.69) is 288 Å². The fraction of sp³-hybridized carbons (Fsp3) is 0. The van der Waals surface area contributed by atoms with Crippen LogP contribution in [-0.2, 0) is 0 Å². The molecule has 0 bridgehead atoms. The predicted molar refractivity (Wildman–Crippen MR) is 295 cm³/mol. The summed E-state index contributed by atoms with van der Waals surface area (Å²) in [6, 6.07) is 104. The summed E-state index contributed by atoms with van der Waals surface area (Å²) in [5.74, 6) is 0. The van der Waals surface area contributed by atoms with Crippen LogP contribution in [0.5, 0.6) is 0 Å². The molecule has 2 aromatic heterocycles. The molecule has 0 aliphatic carbocycles. The highest BCUT2D eigenvalue weighted by atomic mass is 28.3. The van der Waals surface area contributed by atoms with Crippen molar-refractivity contribution < 1.29 is 0 Å². The van der Waals surface area contributed by atoms with Crippen LogP contribution >= 0.6 is 0 Å². The van der Waals surface area contributed by atoms with E-state index in [0.29, 0.717) is 0 Å². The van der Waals surface area contributed by atoms with Crippen LogP contribution in [0, 0.1) is 0 Å². The summed E-state index contributed by atoms with van der Waals surface area (Å²) in [5.41, 5.74) is 14.1. The normalized spacial score (nSPS) is 11.8. The fourth-order valence-corrected chi connectivity index (χ4v) is 16.1. The maximum absolute atomic E-state index is 3.12. The lowest BCUT2D eigenvalue weighted by molar-refractivity contribution is 1.17. The van der Waals surface area contributed by atoms with Gasteiger partial charge in [0.15, 0.2) is 8.07 Å². The third-order valence-corrected chi connectivity index (χ3v) is 19.0. The molecule has 0 amide bonds. The number of benzene rings is 11. The maximum Gasteiger partial charge on any atom is 0.179 e. The molecule has 0 radical (unpaired) electrons. The summed E-state index contributed by atoms with van der Waals surface area (Å²) in [6.45, 7) is 0. The highest BCUT2D eigenvalue weighted by Crippen LogP contribution is 2.44. The molecular formula is C66H46N2Si. The number of hydrogen-bond donors (Lipinski definition) is 0. The lowest BCUT2D eigenvalue weighted by Crippen LogP contribution is -2.74. The molecule has 69 heavy (non-hydrogen) atoms. The van der Waals surface area contributed by atoms with Crippen LogP contribution < -0.4 is 20.7 Å². The van der Waals surface area contributed by atoms with Crippen molar-refractivity contribution in [2.45, 2.75) is 0 Å². The third kappa shape index (κ3) is 6.54. The van der Waals surface area contributed by atoms with Crippen molar-refractivity contribution in [1.82, 2.24) is 9.13 Å². The summed E-state index contributed by atoms with van der Waals surface area (Å²) >= 11 is 0. The molecule has 3 heteroatoms. The minimum atomic E-state index is -3.12. The number of aromatic nitrogens is 2. The van der Waals surface area contributed by atoms with Gasteiger partial charge in [-0.1, -0.05) is 249 Å². The van der Waals surface area contributed by atoms with Gasteiger partial charge in [-0.15, -0.1) is 0 Å². The van der Waals surface area contributed by atoms with Crippen LogP contribution in [0.1, 0.15) is 0 Å². The number of rotatable bonds is 9. The Balaban J connectivity index is 1.19. The minimum absolute atomic E-state index is 1.16. The summed E-state index contributed by atoms with van der Waals surface area (Å²) < 4.78 is 5.05. The van der Waals surface area contributed by atoms with Gasteiger partial charge in [0.1, 0.15) is 0 Å². The summed E-state index contributed by atoms with van der Waals surface area (Å²) in [5, 5.41) is 10.2. The molecule has 2 heterocycles. The van der Waals surface area contributed by atoms with Gasteiger partial charge >= 0.3 is 0 Å². The Kier molecular flexibility index (Phi) is 9.88. The van der Waals surface area contributed by atoms with Crippen LogP contribution in [0.25, 0.3) is 88.4 Å². The lowest BCUT2D eigenvalue weighted by Gasteiger charge is -2.36. The monoisotopic (exact) mass is 894 g/mol. The van der Waals surface area contributed by atoms with E-state index in [-0.39, 0.29) is 0 Å². The van der Waals surface area contributed by atoms with E-state index in [1.807, 2.05) is 0 Å². The molecule has 0 saturated heterocycles. The lowest BCUT2D eigenvalue weighted by atomic mass is 9.95. The Morgan fingerprint density at radius 3 is 1.17 bits per heavy atom. The predicted octanol–water partition coefficient (Wildman–Crippen LogP) is 14.3. The number of nitrogens with zero attached hydrogens (tertiary/aromatic N) is 2. The topological polar surface area (TPSA) is 9.86 Å². The maximum atomic E-state index is 2.57. The molecule has 13 rings (SSSR count). The van der Waals surface area contributed by atoms with E-state index in [4.69, 9.17) is 0 Å². The van der Waals surface area contributed by atoms with Gasteiger partial charge in [-0.25, -0.2) is 0 Å². The third-order valence-electron chi connectivity index (χ3n) is 14.2. The average Bonchev–Trinajstić information content (AvgIpc) is 3.95. The molecule has 0 aliphatic heterocycles. The first-order chi connectivity index (χ1) is 34.3. The van der Waals surface area contributed by atoms with Gasteiger partial charge in [0.05, 0.1) is 33.4 Å². The van der Waals surface area contributed by atoms with Crippen LogP contribution in [0.15, 0.2) is 279 Å². The van der Waals surface area contributed by atoms with E-state index in [0.717, 1.165) is 33.5 Å². The molecule has 0 saturated carbocycles. The van der Waals surface area contributed by atoms with Crippen molar-refractivity contribution in [2.24, 2.45) is 0 Å². The molecule has 13 aromatic rings. The van der Waals surface area contributed by atoms with Crippen LogP contribution in [0.4, 0.5) is 0 Å². The van der Waals surface area contributed by atoms with E-state index < -0.39 is 8.07 Å². The first kappa shape index (κ1) is 40.5. The Morgan fingerprint density at radius 2 is 0.638 bits per heavy atom. The van der Waals surface area contributed by atoms with E-state index in [1.165, 1.54) is 75.6 Å². The van der Waals surface area contributed by atoms with Gasteiger partial charge in [0.25, 0.3) is 0 Å². The standard InChI is InChI=1S/C66H46N2Si/c1-6-24-47(25-7-1)50-30-22-35-53(44-50)69(51-31-12-4-13-32-51,52-33-14-5-15-34-52)54-45-58(48-26-8-2-9-27-48)66(59(46-54)49-28-10-3-11-29-49)68-62-41-21-18-38-57(62)65-63(42-23-43-64(65)68)67-60-39-19-16-36-55(60)56-37-17-20-40-61(56)67/h1-46H. The van der Waals surface area contributed by atoms with Crippen LogP contribution in [0.3, 0.4) is 0 Å². The molecular weight excluding hydrogens is 849 g/mol. The molecule has 0 unspecified atom stereocenters.